The Kier molecular flexibility index (Phi) is 4.69. The van der Waals surface area contributed by atoms with Crippen LogP contribution in [-0.4, -0.2) is 45.7 Å². The lowest BCUT2D eigenvalue weighted by atomic mass is 9.84. The van der Waals surface area contributed by atoms with Crippen LogP contribution in [0, 0.1) is 0 Å². The van der Waals surface area contributed by atoms with Crippen LogP contribution in [0.15, 0.2) is 30.3 Å². The van der Waals surface area contributed by atoms with E-state index in [9.17, 15) is 4.79 Å². The van der Waals surface area contributed by atoms with Crippen molar-refractivity contribution >= 4 is 5.78 Å². The maximum Gasteiger partial charge on any atom is 0.170 e. The fraction of sp³-hybridized carbons (Fsp3) is 0.545. The van der Waals surface area contributed by atoms with Gasteiger partial charge in [0, 0.05) is 32.6 Å². The zero-order valence-electron chi connectivity index (χ0n) is 16.3. The number of benzene rings is 1. The van der Waals surface area contributed by atoms with Gasteiger partial charge in [-0.25, -0.2) is 0 Å². The Balaban J connectivity index is 1.27. The molecule has 6 nitrogen and oxygen atoms in total. The van der Waals surface area contributed by atoms with Crippen molar-refractivity contribution in [3.05, 3.63) is 47.3 Å². The molecule has 1 spiro atoms. The maximum absolute atomic E-state index is 12.7. The fourth-order valence-electron chi connectivity index (χ4n) is 4.83. The molecule has 148 valence electrons. The minimum atomic E-state index is -0.338. The first-order valence-corrected chi connectivity index (χ1v) is 10.5. The van der Waals surface area contributed by atoms with E-state index in [1.54, 1.807) is 0 Å². The van der Waals surface area contributed by atoms with Gasteiger partial charge in [0.05, 0.1) is 23.4 Å². The highest BCUT2D eigenvalue weighted by Crippen LogP contribution is 2.39. The summed E-state index contributed by atoms with van der Waals surface area (Å²) in [5, 5.41) is 8.29. The third-order valence-electron chi connectivity index (χ3n) is 6.32. The zero-order chi connectivity index (χ0) is 19.0. The largest absolute Gasteiger partial charge is 0.486 e. The van der Waals surface area contributed by atoms with Crippen molar-refractivity contribution in [2.45, 2.75) is 57.3 Å². The zero-order valence-corrected chi connectivity index (χ0v) is 16.3. The number of Topliss-reactive ketones (excluding diaryl/α,β-unsaturated/α-hetero) is 1. The second kappa shape index (κ2) is 7.33. The first-order valence-electron chi connectivity index (χ1n) is 10.5. The summed E-state index contributed by atoms with van der Waals surface area (Å²) in [5.41, 5.74) is 2.84. The van der Waals surface area contributed by atoms with Crippen molar-refractivity contribution < 1.29 is 9.53 Å². The van der Waals surface area contributed by atoms with E-state index in [1.165, 1.54) is 5.69 Å². The molecule has 1 atom stereocenters. The monoisotopic (exact) mass is 380 g/mol. The highest BCUT2D eigenvalue weighted by molar-refractivity contribution is 6.00. The number of ether oxygens (including phenoxy) is 1. The molecule has 1 aromatic heterocycles. The summed E-state index contributed by atoms with van der Waals surface area (Å²) in [5.74, 6) is 0.984. The molecule has 28 heavy (non-hydrogen) atoms. The van der Waals surface area contributed by atoms with Gasteiger partial charge < -0.3 is 10.1 Å². The van der Waals surface area contributed by atoms with Crippen LogP contribution in [0.1, 0.15) is 53.8 Å². The average Bonchev–Trinajstić information content (AvgIpc) is 2.82. The Morgan fingerprint density at radius 2 is 2.07 bits per heavy atom. The van der Waals surface area contributed by atoms with Crippen LogP contribution in [-0.2, 0) is 19.6 Å². The number of aryl methyl sites for hydroxylation is 1. The second-order valence-corrected chi connectivity index (χ2v) is 8.39. The molecule has 1 fully saturated rings. The molecule has 0 aliphatic carbocycles. The predicted octanol–water partition coefficient (Wildman–Crippen LogP) is 2.77. The average molecular weight is 380 g/mol. The van der Waals surface area contributed by atoms with Crippen molar-refractivity contribution in [1.29, 1.82) is 0 Å². The molecular weight excluding hydrogens is 352 g/mol. The number of rotatable bonds is 2. The standard InChI is InChI=1S/C22H28N4O2/c27-20-14-22(28-21-6-2-1-5-19(20)21)7-3-10-25(12-8-22)16-17-13-18-15-23-9-4-11-26(18)24-17/h1-2,5-6,13,23H,3-4,7-12,14-16H2. The molecule has 1 N–H and O–H groups in total. The summed E-state index contributed by atoms with van der Waals surface area (Å²) < 4.78 is 8.58. The maximum atomic E-state index is 12.7. The van der Waals surface area contributed by atoms with Gasteiger partial charge in [0.15, 0.2) is 5.78 Å². The quantitative estimate of drug-likeness (QED) is 0.868. The number of para-hydroxylation sites is 1. The smallest absolute Gasteiger partial charge is 0.170 e. The first kappa shape index (κ1) is 17.9. The molecule has 1 unspecified atom stereocenters. The van der Waals surface area contributed by atoms with Gasteiger partial charge in [-0.3, -0.25) is 14.4 Å². The Hall–Kier alpha value is -2.18. The number of ketones is 1. The van der Waals surface area contributed by atoms with E-state index in [0.717, 1.165) is 82.0 Å². The number of hydrogen-bond acceptors (Lipinski definition) is 5. The molecule has 3 aliphatic heterocycles. The molecule has 6 heteroatoms. The number of fused-ring (bicyclic) bond motifs is 2. The lowest BCUT2D eigenvalue weighted by Gasteiger charge is -2.37. The van der Waals surface area contributed by atoms with E-state index in [-0.39, 0.29) is 11.4 Å². The third-order valence-corrected chi connectivity index (χ3v) is 6.32. The summed E-state index contributed by atoms with van der Waals surface area (Å²) in [7, 11) is 0. The number of aromatic nitrogens is 2. The topological polar surface area (TPSA) is 59.4 Å². The summed E-state index contributed by atoms with van der Waals surface area (Å²) in [6.45, 7) is 5.82. The fourth-order valence-corrected chi connectivity index (χ4v) is 4.83. The van der Waals surface area contributed by atoms with Crippen LogP contribution in [0.25, 0.3) is 0 Å². The van der Waals surface area contributed by atoms with Gasteiger partial charge in [-0.15, -0.1) is 0 Å². The molecule has 0 saturated carbocycles. The minimum Gasteiger partial charge on any atom is -0.486 e. The highest BCUT2D eigenvalue weighted by Gasteiger charge is 2.41. The normalized spacial score (nSPS) is 25.5. The SMILES string of the molecule is O=C1CC2(CCCN(Cc3cc4n(n3)CCCNC4)CC2)Oc2ccccc21. The van der Waals surface area contributed by atoms with Crippen LogP contribution in [0.4, 0.5) is 0 Å². The minimum absolute atomic E-state index is 0.223. The second-order valence-electron chi connectivity index (χ2n) is 8.39. The van der Waals surface area contributed by atoms with Crippen molar-refractivity contribution in [3.63, 3.8) is 0 Å². The van der Waals surface area contributed by atoms with Crippen LogP contribution >= 0.6 is 0 Å². The first-order chi connectivity index (χ1) is 13.7. The lowest BCUT2D eigenvalue weighted by molar-refractivity contribution is 0.0298. The van der Waals surface area contributed by atoms with E-state index in [2.05, 4.69) is 21.0 Å². The summed E-state index contributed by atoms with van der Waals surface area (Å²) in [6, 6.07) is 9.92. The van der Waals surface area contributed by atoms with Crippen LogP contribution in [0.3, 0.4) is 0 Å². The Labute approximate surface area is 165 Å². The van der Waals surface area contributed by atoms with Crippen LogP contribution < -0.4 is 10.1 Å². The van der Waals surface area contributed by atoms with Gasteiger partial charge in [-0.05, 0) is 50.6 Å². The number of likely N-dealkylation sites (tertiary alicyclic amines) is 1. The highest BCUT2D eigenvalue weighted by atomic mass is 16.5. The van der Waals surface area contributed by atoms with Crippen LogP contribution in [0.5, 0.6) is 5.75 Å². The molecule has 0 bridgehead atoms. The molecule has 4 heterocycles. The van der Waals surface area contributed by atoms with Gasteiger partial charge in [-0.1, -0.05) is 12.1 Å². The van der Waals surface area contributed by atoms with Crippen molar-refractivity contribution in [2.75, 3.05) is 19.6 Å². The van der Waals surface area contributed by atoms with Crippen molar-refractivity contribution in [1.82, 2.24) is 20.0 Å². The Bertz CT molecular complexity index is 854. The van der Waals surface area contributed by atoms with E-state index in [1.807, 2.05) is 24.3 Å². The number of carbonyl (C=O) groups excluding carboxylic acids is 1. The van der Waals surface area contributed by atoms with Crippen molar-refractivity contribution in [3.8, 4) is 5.75 Å². The molecule has 5 rings (SSSR count). The Morgan fingerprint density at radius 3 is 3.04 bits per heavy atom. The van der Waals surface area contributed by atoms with Crippen LogP contribution in [0.2, 0.25) is 0 Å². The van der Waals surface area contributed by atoms with E-state index >= 15 is 0 Å². The molecule has 1 saturated heterocycles. The number of nitrogens with one attached hydrogen (secondary N) is 1. The van der Waals surface area contributed by atoms with Gasteiger partial charge in [0.25, 0.3) is 0 Å². The number of nitrogens with zero attached hydrogens (tertiary/aromatic N) is 3. The number of carbonyl (C=O) groups is 1. The third kappa shape index (κ3) is 3.47. The molecule has 3 aliphatic rings. The lowest BCUT2D eigenvalue weighted by Crippen LogP contribution is -2.42. The van der Waals surface area contributed by atoms with Gasteiger partial charge in [-0.2, -0.15) is 5.10 Å². The number of hydrogen-bond donors (Lipinski definition) is 1. The summed E-state index contributed by atoms with van der Waals surface area (Å²) >= 11 is 0. The molecule has 1 aromatic carbocycles. The van der Waals surface area contributed by atoms with Gasteiger partial charge in [0.2, 0.25) is 0 Å². The molecular formula is C22H28N4O2. The molecule has 2 aromatic rings. The summed E-state index contributed by atoms with van der Waals surface area (Å²) in [6.07, 6.45) is 4.51. The van der Waals surface area contributed by atoms with Gasteiger partial charge >= 0.3 is 0 Å². The predicted molar refractivity (Wildman–Crippen MR) is 106 cm³/mol. The Morgan fingerprint density at radius 1 is 1.14 bits per heavy atom. The molecule has 0 radical (unpaired) electrons. The van der Waals surface area contributed by atoms with Crippen molar-refractivity contribution in [2.24, 2.45) is 0 Å². The van der Waals surface area contributed by atoms with E-state index in [4.69, 9.17) is 9.84 Å². The van der Waals surface area contributed by atoms with Gasteiger partial charge in [0.1, 0.15) is 11.4 Å². The van der Waals surface area contributed by atoms with E-state index in [0.29, 0.717) is 6.42 Å². The summed E-state index contributed by atoms with van der Waals surface area (Å²) in [4.78, 5) is 15.1. The molecule has 0 amide bonds. The van der Waals surface area contributed by atoms with E-state index < -0.39 is 0 Å².